The molecule has 0 saturated carbocycles. The van der Waals surface area contributed by atoms with Crippen LogP contribution in [0.2, 0.25) is 5.02 Å². The summed E-state index contributed by atoms with van der Waals surface area (Å²) < 4.78 is 27.8. The topological polar surface area (TPSA) is 109 Å². The van der Waals surface area contributed by atoms with Crippen LogP contribution in [0.3, 0.4) is 0 Å². The SMILES string of the molecule is COc1cc(-c2nccc(-c3cccc(-c4ccc(CNC5CCN(C(C)=O)CC5)c(OC)n4)c3Cl)c2F)ccc1CNC1CCN(C(C)=O)CC1. The van der Waals surface area contributed by atoms with Crippen LogP contribution >= 0.6 is 11.6 Å². The van der Waals surface area contributed by atoms with Crippen LogP contribution in [-0.2, 0) is 22.7 Å². The van der Waals surface area contributed by atoms with Crippen LogP contribution in [0, 0.1) is 5.82 Å². The predicted octanol–water partition coefficient (Wildman–Crippen LogP) is 6.49. The summed E-state index contributed by atoms with van der Waals surface area (Å²) in [6.07, 6.45) is 5.15. The zero-order chi connectivity index (χ0) is 36.8. The largest absolute Gasteiger partial charge is 0.496 e. The van der Waals surface area contributed by atoms with Crippen molar-refractivity contribution in [3.63, 3.8) is 0 Å². The number of hydrogen-bond acceptors (Lipinski definition) is 8. The van der Waals surface area contributed by atoms with Gasteiger partial charge in [-0.1, -0.05) is 48.0 Å². The maximum Gasteiger partial charge on any atom is 0.219 e. The maximum absolute atomic E-state index is 16.4. The first kappa shape index (κ1) is 37.2. The minimum Gasteiger partial charge on any atom is -0.496 e. The molecule has 4 heterocycles. The number of nitrogens with one attached hydrogen (secondary N) is 2. The van der Waals surface area contributed by atoms with Gasteiger partial charge in [0.1, 0.15) is 11.4 Å². The van der Waals surface area contributed by atoms with Gasteiger partial charge in [0.2, 0.25) is 17.7 Å². The van der Waals surface area contributed by atoms with Crippen LogP contribution in [0.4, 0.5) is 4.39 Å². The predicted molar refractivity (Wildman–Crippen MR) is 201 cm³/mol. The molecule has 2 aliphatic rings. The van der Waals surface area contributed by atoms with Crippen LogP contribution < -0.4 is 20.1 Å². The van der Waals surface area contributed by atoms with E-state index in [1.165, 1.54) is 0 Å². The summed E-state index contributed by atoms with van der Waals surface area (Å²) in [4.78, 5) is 36.3. The number of aromatic nitrogens is 2. The summed E-state index contributed by atoms with van der Waals surface area (Å²) in [7, 11) is 3.19. The third-order valence-electron chi connectivity index (χ3n) is 10.2. The molecule has 0 unspecified atom stereocenters. The molecule has 2 fully saturated rings. The van der Waals surface area contributed by atoms with Crippen molar-refractivity contribution in [2.45, 2.75) is 64.7 Å². The molecule has 2 aliphatic heterocycles. The summed E-state index contributed by atoms with van der Waals surface area (Å²) in [5, 5.41) is 7.53. The number of carbonyl (C=O) groups excluding carboxylic acids is 2. The fourth-order valence-corrected chi connectivity index (χ4v) is 7.39. The van der Waals surface area contributed by atoms with Gasteiger partial charge in [0.05, 0.1) is 24.9 Å². The Morgan fingerprint density at radius 3 is 2.00 bits per heavy atom. The first-order valence-electron chi connectivity index (χ1n) is 17.8. The van der Waals surface area contributed by atoms with Crippen LogP contribution in [0.5, 0.6) is 11.6 Å². The normalized spacial score (nSPS) is 15.5. The fourth-order valence-electron chi connectivity index (χ4n) is 7.06. The number of benzene rings is 2. The number of rotatable bonds is 11. The second-order valence-corrected chi connectivity index (χ2v) is 13.8. The fraction of sp³-hybridized carbons (Fsp3) is 0.400. The van der Waals surface area contributed by atoms with E-state index >= 15 is 4.39 Å². The van der Waals surface area contributed by atoms with Crippen molar-refractivity contribution in [3.8, 4) is 45.3 Å². The molecule has 10 nitrogen and oxygen atoms in total. The third-order valence-corrected chi connectivity index (χ3v) is 10.6. The van der Waals surface area contributed by atoms with Gasteiger partial charge in [-0.2, -0.15) is 0 Å². The number of halogens is 2. The first-order valence-corrected chi connectivity index (χ1v) is 18.2. The maximum atomic E-state index is 16.4. The molecule has 0 bridgehead atoms. The number of nitrogens with zero attached hydrogens (tertiary/aromatic N) is 4. The molecule has 274 valence electrons. The van der Waals surface area contributed by atoms with E-state index in [0.717, 1.165) is 63.0 Å². The monoisotopic (exact) mass is 728 g/mol. The third kappa shape index (κ3) is 8.38. The van der Waals surface area contributed by atoms with Crippen molar-refractivity contribution < 1.29 is 23.5 Å². The van der Waals surface area contributed by atoms with E-state index in [1.54, 1.807) is 46.4 Å². The number of pyridine rings is 2. The van der Waals surface area contributed by atoms with Gasteiger partial charge in [-0.25, -0.2) is 9.37 Å². The molecular weight excluding hydrogens is 683 g/mol. The summed E-state index contributed by atoms with van der Waals surface area (Å²) >= 11 is 7.02. The average molecular weight is 729 g/mol. The highest BCUT2D eigenvalue weighted by Crippen LogP contribution is 2.39. The molecule has 0 radical (unpaired) electrons. The second-order valence-electron chi connectivity index (χ2n) is 13.4. The summed E-state index contributed by atoms with van der Waals surface area (Å²) in [6.45, 7) is 7.37. The molecule has 2 amide bonds. The lowest BCUT2D eigenvalue weighted by atomic mass is 9.98. The summed E-state index contributed by atoms with van der Waals surface area (Å²) in [5.41, 5.74) is 4.73. The van der Waals surface area contributed by atoms with Gasteiger partial charge in [0, 0.05) is 105 Å². The highest BCUT2D eigenvalue weighted by Gasteiger charge is 2.23. The average Bonchev–Trinajstić information content (AvgIpc) is 3.17. The van der Waals surface area contributed by atoms with Crippen LogP contribution in [-0.4, -0.2) is 84.1 Å². The Morgan fingerprint density at radius 1 is 0.808 bits per heavy atom. The van der Waals surface area contributed by atoms with Crippen LogP contribution in [0.15, 0.2) is 60.8 Å². The van der Waals surface area contributed by atoms with Gasteiger partial charge < -0.3 is 29.9 Å². The van der Waals surface area contributed by atoms with E-state index in [-0.39, 0.29) is 17.5 Å². The number of carbonyl (C=O) groups is 2. The van der Waals surface area contributed by atoms with Gasteiger partial charge in [0.25, 0.3) is 0 Å². The minimum absolute atomic E-state index is 0.114. The van der Waals surface area contributed by atoms with Crippen LogP contribution in [0.25, 0.3) is 33.6 Å². The molecule has 2 aromatic carbocycles. The zero-order valence-corrected chi connectivity index (χ0v) is 30.9. The van der Waals surface area contributed by atoms with Gasteiger partial charge in [0.15, 0.2) is 5.82 Å². The van der Waals surface area contributed by atoms with Crippen molar-refractivity contribution in [1.29, 1.82) is 0 Å². The van der Waals surface area contributed by atoms with Crippen molar-refractivity contribution in [3.05, 3.63) is 82.8 Å². The molecule has 6 rings (SSSR count). The minimum atomic E-state index is -0.493. The zero-order valence-electron chi connectivity index (χ0n) is 30.2. The molecule has 52 heavy (non-hydrogen) atoms. The van der Waals surface area contributed by atoms with E-state index in [4.69, 9.17) is 26.1 Å². The Morgan fingerprint density at radius 2 is 1.40 bits per heavy atom. The molecule has 2 N–H and O–H groups in total. The smallest absolute Gasteiger partial charge is 0.219 e. The van der Waals surface area contributed by atoms with Gasteiger partial charge >= 0.3 is 0 Å². The number of methoxy groups -OCH3 is 2. The Labute approximate surface area is 309 Å². The lowest BCUT2D eigenvalue weighted by molar-refractivity contribution is -0.130. The van der Waals surface area contributed by atoms with Crippen molar-refractivity contribution in [2.75, 3.05) is 40.4 Å². The number of amides is 2. The summed E-state index contributed by atoms with van der Waals surface area (Å²) in [5.74, 6) is 0.853. The molecular formula is C40H46ClFN6O4. The van der Waals surface area contributed by atoms with Crippen molar-refractivity contribution >= 4 is 23.4 Å². The molecule has 12 heteroatoms. The number of hydrogen-bond donors (Lipinski definition) is 2. The quantitative estimate of drug-likeness (QED) is 0.181. The van der Waals surface area contributed by atoms with E-state index in [2.05, 4.69) is 15.6 Å². The number of piperidine rings is 2. The standard InChI is InChI=1S/C40H46ClFN6O4/c1-25(49)47-18-13-30(14-19-47)44-23-28-9-8-27(22-36(28)51-3)39-38(42)33(12-17-43-39)32-6-5-7-34(37(32)41)35-11-10-29(40(46-35)52-4)24-45-31-15-20-48(21-16-31)26(2)50/h5-12,17,22,30-31,44-45H,13-16,18-21,23-24H2,1-4H3. The van der Waals surface area contributed by atoms with Crippen LogP contribution in [0.1, 0.15) is 50.7 Å². The summed E-state index contributed by atoms with van der Waals surface area (Å²) in [6, 6.07) is 17.2. The lowest BCUT2D eigenvalue weighted by Crippen LogP contribution is -2.44. The van der Waals surface area contributed by atoms with E-state index in [1.807, 2.05) is 52.3 Å². The highest BCUT2D eigenvalue weighted by molar-refractivity contribution is 6.36. The highest BCUT2D eigenvalue weighted by atomic mass is 35.5. The Kier molecular flexibility index (Phi) is 12.0. The second kappa shape index (κ2) is 16.8. The Hall–Kier alpha value is -4.58. The molecule has 2 saturated heterocycles. The number of likely N-dealkylation sites (tertiary alicyclic amines) is 2. The van der Waals surface area contributed by atoms with Gasteiger partial charge in [-0.3, -0.25) is 14.6 Å². The molecule has 2 aromatic heterocycles. The molecule has 0 aliphatic carbocycles. The van der Waals surface area contributed by atoms with Crippen molar-refractivity contribution in [1.82, 2.24) is 30.4 Å². The van der Waals surface area contributed by atoms with Gasteiger partial charge in [-0.05, 0) is 43.9 Å². The first-order chi connectivity index (χ1) is 25.2. The van der Waals surface area contributed by atoms with E-state index in [0.29, 0.717) is 69.8 Å². The molecule has 0 spiro atoms. The Balaban J connectivity index is 1.18. The van der Waals surface area contributed by atoms with Crippen molar-refractivity contribution in [2.24, 2.45) is 0 Å². The van der Waals surface area contributed by atoms with E-state index < -0.39 is 5.82 Å². The van der Waals surface area contributed by atoms with Gasteiger partial charge in [-0.15, -0.1) is 0 Å². The Bertz CT molecular complexity index is 1770. The molecule has 0 atom stereocenters. The van der Waals surface area contributed by atoms with E-state index in [9.17, 15) is 9.59 Å². The molecule has 4 aromatic rings. The lowest BCUT2D eigenvalue weighted by Gasteiger charge is -2.32. The number of ether oxygens (including phenoxy) is 2.